The normalized spacial score (nSPS) is 25.0. The zero-order valence-electron chi connectivity index (χ0n) is 10.3. The Balaban J connectivity index is 2.05. The molecule has 2 N–H and O–H groups in total. The average Bonchev–Trinajstić information content (AvgIpc) is 2.31. The molecule has 2 atom stereocenters. The van der Waals surface area contributed by atoms with Gasteiger partial charge >= 0.3 is 0 Å². The number of ether oxygens (including phenoxy) is 1. The highest BCUT2D eigenvalue weighted by Gasteiger charge is 2.29. The molecule has 1 aliphatic heterocycles. The molecule has 0 aliphatic carbocycles. The first-order chi connectivity index (χ1) is 8.56. The van der Waals surface area contributed by atoms with Crippen LogP contribution in [0.15, 0.2) is 24.3 Å². The van der Waals surface area contributed by atoms with Crippen LogP contribution in [0.25, 0.3) is 0 Å². The second-order valence-electron chi connectivity index (χ2n) is 4.62. The lowest BCUT2D eigenvalue weighted by Crippen LogP contribution is -2.51. The summed E-state index contributed by atoms with van der Waals surface area (Å²) in [5.41, 5.74) is 5.87. The van der Waals surface area contributed by atoms with Gasteiger partial charge in [0.05, 0.1) is 6.10 Å². The predicted molar refractivity (Wildman–Crippen MR) is 65.2 cm³/mol. The molecule has 4 nitrogen and oxygen atoms in total. The van der Waals surface area contributed by atoms with Crippen LogP contribution >= 0.6 is 0 Å². The van der Waals surface area contributed by atoms with Gasteiger partial charge in [0.2, 0.25) is 5.91 Å². The molecule has 1 saturated heterocycles. The fraction of sp³-hybridized carbons (Fsp3) is 0.462. The Kier molecular flexibility index (Phi) is 3.93. The minimum absolute atomic E-state index is 0.0805. The SMILES string of the molecule is C[C@@H]1CN(Cc2ccccc2F)CC(C(N)=O)O1. The van der Waals surface area contributed by atoms with Crippen molar-refractivity contribution in [2.45, 2.75) is 25.7 Å². The van der Waals surface area contributed by atoms with E-state index in [2.05, 4.69) is 0 Å². The molecule has 1 aromatic rings. The zero-order chi connectivity index (χ0) is 13.1. The van der Waals surface area contributed by atoms with E-state index in [1.807, 2.05) is 11.8 Å². The molecule has 1 unspecified atom stereocenters. The minimum atomic E-state index is -0.611. The summed E-state index contributed by atoms with van der Waals surface area (Å²) >= 11 is 0. The Bertz CT molecular complexity index is 439. The maximum Gasteiger partial charge on any atom is 0.247 e. The van der Waals surface area contributed by atoms with Gasteiger partial charge in [0.25, 0.3) is 0 Å². The van der Waals surface area contributed by atoms with E-state index < -0.39 is 12.0 Å². The van der Waals surface area contributed by atoms with Crippen LogP contribution in [-0.4, -0.2) is 36.1 Å². The van der Waals surface area contributed by atoms with Gasteiger partial charge in [-0.3, -0.25) is 9.69 Å². The molecular formula is C13H17FN2O2. The number of hydrogen-bond acceptors (Lipinski definition) is 3. The van der Waals surface area contributed by atoms with Gasteiger partial charge in [0.15, 0.2) is 0 Å². The Morgan fingerprint density at radius 1 is 1.50 bits per heavy atom. The quantitative estimate of drug-likeness (QED) is 0.869. The van der Waals surface area contributed by atoms with Crippen LogP contribution in [0.2, 0.25) is 0 Å². The lowest BCUT2D eigenvalue weighted by Gasteiger charge is -2.35. The molecule has 5 heteroatoms. The number of carbonyl (C=O) groups is 1. The monoisotopic (exact) mass is 252 g/mol. The summed E-state index contributed by atoms with van der Waals surface area (Å²) in [7, 11) is 0. The number of carbonyl (C=O) groups excluding carboxylic acids is 1. The van der Waals surface area contributed by atoms with E-state index in [4.69, 9.17) is 10.5 Å². The average molecular weight is 252 g/mol. The van der Waals surface area contributed by atoms with E-state index in [0.29, 0.717) is 25.2 Å². The molecule has 1 aliphatic rings. The van der Waals surface area contributed by atoms with E-state index in [1.54, 1.807) is 18.2 Å². The number of hydrogen-bond donors (Lipinski definition) is 1. The Morgan fingerprint density at radius 2 is 2.22 bits per heavy atom. The summed E-state index contributed by atoms with van der Waals surface area (Å²) in [6.07, 6.45) is -0.691. The standard InChI is InChI=1S/C13H17FN2O2/c1-9-6-16(8-12(18-9)13(15)17)7-10-4-2-3-5-11(10)14/h2-5,9,12H,6-8H2,1H3,(H2,15,17)/t9-,12?/m1/s1. The number of amides is 1. The second-order valence-corrected chi connectivity index (χ2v) is 4.62. The van der Waals surface area contributed by atoms with Gasteiger partial charge in [-0.2, -0.15) is 0 Å². The van der Waals surface area contributed by atoms with Crippen LogP contribution in [-0.2, 0) is 16.1 Å². The fourth-order valence-electron chi connectivity index (χ4n) is 2.19. The van der Waals surface area contributed by atoms with Gasteiger partial charge in [-0.25, -0.2) is 4.39 Å². The summed E-state index contributed by atoms with van der Waals surface area (Å²) in [6, 6.07) is 6.64. The van der Waals surface area contributed by atoms with Gasteiger partial charge in [-0.1, -0.05) is 18.2 Å². The van der Waals surface area contributed by atoms with Gasteiger partial charge in [-0.15, -0.1) is 0 Å². The largest absolute Gasteiger partial charge is 0.367 e. The van der Waals surface area contributed by atoms with Crippen LogP contribution in [0.3, 0.4) is 0 Å². The molecule has 18 heavy (non-hydrogen) atoms. The maximum absolute atomic E-state index is 13.5. The molecule has 0 radical (unpaired) electrons. The van der Waals surface area contributed by atoms with E-state index in [1.165, 1.54) is 6.07 Å². The smallest absolute Gasteiger partial charge is 0.247 e. The van der Waals surface area contributed by atoms with Gasteiger partial charge in [0, 0.05) is 25.2 Å². The van der Waals surface area contributed by atoms with E-state index in [0.717, 1.165) is 0 Å². The topological polar surface area (TPSA) is 55.6 Å². The van der Waals surface area contributed by atoms with Crippen LogP contribution in [0.1, 0.15) is 12.5 Å². The van der Waals surface area contributed by atoms with Crippen LogP contribution in [0, 0.1) is 5.82 Å². The Morgan fingerprint density at radius 3 is 2.89 bits per heavy atom. The zero-order valence-corrected chi connectivity index (χ0v) is 10.3. The molecule has 0 spiro atoms. The third-order valence-corrected chi connectivity index (χ3v) is 3.01. The van der Waals surface area contributed by atoms with Crippen molar-refractivity contribution in [2.24, 2.45) is 5.73 Å². The summed E-state index contributed by atoms with van der Waals surface area (Å²) in [6.45, 7) is 3.42. The highest BCUT2D eigenvalue weighted by Crippen LogP contribution is 2.16. The first kappa shape index (κ1) is 13.0. The summed E-state index contributed by atoms with van der Waals surface area (Å²) in [5.74, 6) is -0.702. The molecule has 2 rings (SSSR count). The molecule has 1 fully saturated rings. The van der Waals surface area contributed by atoms with Gasteiger partial charge < -0.3 is 10.5 Å². The Hall–Kier alpha value is -1.46. The first-order valence-corrected chi connectivity index (χ1v) is 5.97. The molecule has 1 heterocycles. The summed E-state index contributed by atoms with van der Waals surface area (Å²) in [5, 5.41) is 0. The second kappa shape index (κ2) is 5.46. The van der Waals surface area contributed by atoms with E-state index in [9.17, 15) is 9.18 Å². The number of nitrogens with zero attached hydrogens (tertiary/aromatic N) is 1. The van der Waals surface area contributed by atoms with Crippen LogP contribution < -0.4 is 5.73 Å². The molecular weight excluding hydrogens is 235 g/mol. The third-order valence-electron chi connectivity index (χ3n) is 3.01. The number of halogens is 1. The minimum Gasteiger partial charge on any atom is -0.367 e. The fourth-order valence-corrected chi connectivity index (χ4v) is 2.19. The van der Waals surface area contributed by atoms with Crippen molar-refractivity contribution < 1.29 is 13.9 Å². The lowest BCUT2D eigenvalue weighted by atomic mass is 10.1. The van der Waals surface area contributed by atoms with Gasteiger partial charge in [0.1, 0.15) is 11.9 Å². The number of primary amides is 1. The molecule has 1 amide bonds. The van der Waals surface area contributed by atoms with Gasteiger partial charge in [-0.05, 0) is 13.0 Å². The molecule has 1 aromatic carbocycles. The lowest BCUT2D eigenvalue weighted by molar-refractivity contribution is -0.142. The van der Waals surface area contributed by atoms with Crippen molar-refractivity contribution in [3.05, 3.63) is 35.6 Å². The number of morpholine rings is 1. The van der Waals surface area contributed by atoms with Crippen molar-refractivity contribution in [1.82, 2.24) is 4.90 Å². The van der Waals surface area contributed by atoms with Crippen molar-refractivity contribution in [1.29, 1.82) is 0 Å². The van der Waals surface area contributed by atoms with Crippen molar-refractivity contribution in [3.8, 4) is 0 Å². The molecule has 98 valence electrons. The predicted octanol–water partition coefficient (Wildman–Crippen LogP) is 0.900. The van der Waals surface area contributed by atoms with Crippen molar-refractivity contribution in [2.75, 3.05) is 13.1 Å². The number of benzene rings is 1. The third kappa shape index (κ3) is 3.05. The Labute approximate surface area is 106 Å². The summed E-state index contributed by atoms with van der Waals surface area (Å²) < 4.78 is 19.0. The summed E-state index contributed by atoms with van der Waals surface area (Å²) in [4.78, 5) is 13.1. The van der Waals surface area contributed by atoms with Crippen molar-refractivity contribution >= 4 is 5.91 Å². The molecule has 0 aromatic heterocycles. The number of nitrogens with two attached hydrogens (primary N) is 1. The first-order valence-electron chi connectivity index (χ1n) is 5.97. The molecule has 0 bridgehead atoms. The maximum atomic E-state index is 13.5. The number of rotatable bonds is 3. The van der Waals surface area contributed by atoms with E-state index in [-0.39, 0.29) is 11.9 Å². The van der Waals surface area contributed by atoms with E-state index >= 15 is 0 Å². The van der Waals surface area contributed by atoms with Crippen LogP contribution in [0.5, 0.6) is 0 Å². The van der Waals surface area contributed by atoms with Crippen LogP contribution in [0.4, 0.5) is 4.39 Å². The van der Waals surface area contributed by atoms with Crippen molar-refractivity contribution in [3.63, 3.8) is 0 Å². The molecule has 0 saturated carbocycles. The highest BCUT2D eigenvalue weighted by molar-refractivity contribution is 5.79. The highest BCUT2D eigenvalue weighted by atomic mass is 19.1.